The molecule has 0 unspecified atom stereocenters. The van der Waals surface area contributed by atoms with Gasteiger partial charge in [-0.1, -0.05) is 66.2 Å². The van der Waals surface area contributed by atoms with Gasteiger partial charge in [0.1, 0.15) is 28.6 Å². The number of aromatic amines is 3. The molecule has 22 nitrogen and oxygen atoms in total. The molecule has 6 aromatic heterocycles. The van der Waals surface area contributed by atoms with Gasteiger partial charge in [-0.15, -0.1) is 0 Å². The molecule has 3 atom stereocenters. The number of benzene rings is 3. The second-order valence-electron chi connectivity index (χ2n) is 26.9. The van der Waals surface area contributed by atoms with E-state index < -0.39 is 17.3 Å². The molecule has 97 heavy (non-hydrogen) atoms. The number of aliphatic hydroxyl groups excluding tert-OH is 1. The van der Waals surface area contributed by atoms with Crippen molar-refractivity contribution < 1.29 is 79.0 Å². The summed E-state index contributed by atoms with van der Waals surface area (Å²) in [5.74, 6) is 1.08. The topological polar surface area (TPSA) is 283 Å². The van der Waals surface area contributed by atoms with E-state index in [1.54, 1.807) is 15.9 Å². The molecule has 5 amide bonds. The van der Waals surface area contributed by atoms with Crippen LogP contribution in [0.15, 0.2) is 109 Å². The minimum atomic E-state index is -0.529. The molecule has 9 aromatic rings. The fraction of sp³-hybridized carbons (Fsp3) is 0.397. The monoisotopic (exact) mass is 1350 g/mol. The van der Waals surface area contributed by atoms with E-state index in [2.05, 4.69) is 41.2 Å². The Morgan fingerprint density at radius 2 is 0.928 bits per heavy atom. The molecule has 0 aliphatic carbocycles. The number of nitrogens with one attached hydrogen (secondary N) is 7. The fourth-order valence-electron chi connectivity index (χ4n) is 12.7. The van der Waals surface area contributed by atoms with Gasteiger partial charge in [-0.25, -0.2) is 24.5 Å². The largest absolute Gasteiger partial charge is 1.00 e. The molecule has 6 aliphatic heterocycles. The van der Waals surface area contributed by atoms with Crippen molar-refractivity contribution in [1.82, 2.24) is 61.0 Å². The van der Waals surface area contributed by atoms with Crippen LogP contribution in [0.4, 0.5) is 9.59 Å². The summed E-state index contributed by atoms with van der Waals surface area (Å²) in [6.45, 7) is 17.2. The maximum absolute atomic E-state index is 12.5. The van der Waals surface area contributed by atoms with Crippen molar-refractivity contribution in [2.45, 2.75) is 129 Å². The first kappa shape index (κ1) is 69.8. The van der Waals surface area contributed by atoms with Crippen LogP contribution in [0.25, 0.3) is 66.5 Å². The van der Waals surface area contributed by atoms with Crippen LogP contribution in [0.3, 0.4) is 0 Å². The number of aliphatic hydroxyl groups is 1. The first-order chi connectivity index (χ1) is 46.1. The van der Waals surface area contributed by atoms with Gasteiger partial charge in [-0.05, 0) is 129 Å². The molecule has 0 bridgehead atoms. The zero-order chi connectivity index (χ0) is 67.3. The number of nitrogens with zero attached hydrogens (tertiary/aromatic N) is 5. The summed E-state index contributed by atoms with van der Waals surface area (Å²) in [7, 11) is 0. The molecule has 3 aromatic carbocycles. The predicted octanol–water partition coefficient (Wildman–Crippen LogP) is 8.60. The molecular weight excluding hydrogens is 1260 g/mol. The van der Waals surface area contributed by atoms with Crippen LogP contribution in [0.2, 0.25) is 5.15 Å². The Kier molecular flexibility index (Phi) is 22.0. The van der Waals surface area contributed by atoms with Gasteiger partial charge in [-0.2, -0.15) is 0 Å². The number of carbonyl (C=O) groups excluding carboxylic acids is 5. The molecular formula is C73H84ClN12NaO10. The molecule has 504 valence electrons. The van der Waals surface area contributed by atoms with Gasteiger partial charge in [0.05, 0.1) is 45.9 Å². The van der Waals surface area contributed by atoms with Gasteiger partial charge in [0.25, 0.3) is 17.7 Å². The summed E-state index contributed by atoms with van der Waals surface area (Å²) < 4.78 is 23.1. The fourth-order valence-corrected chi connectivity index (χ4v) is 12.9. The quantitative estimate of drug-likeness (QED) is 0.0548. The molecule has 8 N–H and O–H groups in total. The van der Waals surface area contributed by atoms with Gasteiger partial charge in [-0.3, -0.25) is 14.4 Å². The van der Waals surface area contributed by atoms with E-state index in [9.17, 15) is 29.1 Å². The molecule has 0 saturated carbocycles. The van der Waals surface area contributed by atoms with Crippen molar-refractivity contribution in [2.75, 3.05) is 58.9 Å². The summed E-state index contributed by atoms with van der Waals surface area (Å²) in [6.07, 6.45) is 6.90. The van der Waals surface area contributed by atoms with Gasteiger partial charge in [0.15, 0.2) is 0 Å². The Hall–Kier alpha value is -8.51. The summed E-state index contributed by atoms with van der Waals surface area (Å²) in [5, 5.41) is 24.9. The number of ether oxygens (including phenoxy) is 4. The van der Waals surface area contributed by atoms with Crippen molar-refractivity contribution in [3.05, 3.63) is 148 Å². The molecule has 0 spiro atoms. The van der Waals surface area contributed by atoms with Crippen LogP contribution in [-0.4, -0.2) is 163 Å². The number of amides is 5. The average molecular weight is 1350 g/mol. The van der Waals surface area contributed by atoms with E-state index >= 15 is 0 Å². The number of para-hydroxylation sites is 3. The van der Waals surface area contributed by atoms with Crippen molar-refractivity contribution in [3.8, 4) is 45.5 Å². The number of piperidine rings is 3. The third kappa shape index (κ3) is 17.3. The van der Waals surface area contributed by atoms with Crippen molar-refractivity contribution in [2.24, 2.45) is 0 Å². The zero-order valence-corrected chi connectivity index (χ0v) is 58.8. The smallest absolute Gasteiger partial charge is 1.00 e. The first-order valence-electron chi connectivity index (χ1n) is 33.2. The van der Waals surface area contributed by atoms with Gasteiger partial charge >= 0.3 is 41.7 Å². The second kappa shape index (κ2) is 30.5. The van der Waals surface area contributed by atoms with Crippen LogP contribution in [0.5, 0.6) is 11.8 Å². The normalized spacial score (nSPS) is 18.3. The Labute approximate surface area is 591 Å². The van der Waals surface area contributed by atoms with Crippen LogP contribution in [-0.2, 0) is 28.7 Å². The summed E-state index contributed by atoms with van der Waals surface area (Å²) in [5.41, 5.74) is 12.2. The van der Waals surface area contributed by atoms with E-state index in [-0.39, 0.29) is 73.1 Å². The minimum Gasteiger partial charge on any atom is -1.00 e. The van der Waals surface area contributed by atoms with Crippen molar-refractivity contribution in [3.63, 3.8) is 0 Å². The number of hydrogen-bond donors (Lipinski definition) is 8. The number of rotatable bonds is 7. The SMILES string of the molecule is CC(C)(C)OC(=O)N1CCC[C@@H](O)C1.CC(C)(C)OC(=O)N1CCC[C@@H](Oc2ccc3cccc(-c4cc5c([nH]4)CCNC5=O)c3n2)C1.O=C1NCCc2[nH]c(-c3cccc4ccc(Cl)nc34)cc21.O=C1NCCc2[nH]c(-c3cccc4ccc(O[C@@H]5CCCNC5)nc34)cc21.[H-].[Na+]. The maximum Gasteiger partial charge on any atom is 1.00 e. The number of β-amino-alcohol motifs (C(OH)–C–C–N with tert-alkyl or cyclic N) is 1. The van der Waals surface area contributed by atoms with Crippen molar-refractivity contribution >= 4 is 74.2 Å². The molecule has 6 aliphatic rings. The predicted molar refractivity (Wildman–Crippen MR) is 370 cm³/mol. The van der Waals surface area contributed by atoms with E-state index in [4.69, 9.17) is 40.5 Å². The zero-order valence-electron chi connectivity index (χ0n) is 57.1. The second-order valence-corrected chi connectivity index (χ2v) is 27.3. The first-order valence-corrected chi connectivity index (χ1v) is 33.6. The van der Waals surface area contributed by atoms with E-state index in [0.717, 1.165) is 166 Å². The standard InChI is InChI=1S/C26H30N4O4.C21H22N4O2.C16H12ClN3O.C10H19NO3.Na.H/c1-26(2,3)34-25(32)30-13-5-7-17(15-30)33-22-10-9-16-6-4-8-18(23(16)29-22)21-14-19-20(28-21)11-12-27-24(19)31;26-21-16-11-18(24-17(16)8-10-23-21)15-5-1-3-13-6-7-19(25-20(13)15)27-14-4-2-9-22-12-14;17-14-5-4-9-2-1-3-10(15(9)20-14)13-8-11-12(19-13)6-7-18-16(11)21;1-10(2,3)14-9(13)11-6-4-5-8(12)7-11;;/h4,6,8-10,14,17,28H,5,7,11-13,15H2,1-3H3,(H,27,31);1,3,5-7,11,14,22,24H,2,4,8-10,12H2,(H,23,26);1-5,8,19H,6-7H2,(H,18,21);8,12H,4-7H2,1-3H3;;/q;;;;+1;-1/t17-;14-;;8-;;/m11.1../s1. The van der Waals surface area contributed by atoms with E-state index in [0.29, 0.717) is 68.3 Å². The van der Waals surface area contributed by atoms with Gasteiger partial charge in [0.2, 0.25) is 11.8 Å². The molecule has 3 fully saturated rings. The van der Waals surface area contributed by atoms with Crippen LogP contribution in [0.1, 0.15) is 130 Å². The number of halogens is 1. The Morgan fingerprint density at radius 3 is 1.35 bits per heavy atom. The average Bonchev–Trinajstić information content (AvgIpc) is 1.58. The maximum atomic E-state index is 12.5. The Morgan fingerprint density at radius 1 is 0.515 bits per heavy atom. The number of likely N-dealkylation sites (tertiary alicyclic amines) is 2. The number of aromatic nitrogens is 6. The van der Waals surface area contributed by atoms with E-state index in [1.165, 1.54) is 0 Å². The van der Waals surface area contributed by atoms with Gasteiger partial charge < -0.3 is 71.5 Å². The molecule has 0 radical (unpaired) electrons. The number of H-pyrrole nitrogens is 3. The molecule has 15 rings (SSSR count). The number of hydrogen-bond acceptors (Lipinski definition) is 14. The van der Waals surface area contributed by atoms with Crippen LogP contribution in [0, 0.1) is 0 Å². The number of fused-ring (bicyclic) bond motifs is 6. The van der Waals surface area contributed by atoms with Crippen LogP contribution < -0.4 is 60.3 Å². The molecule has 3 saturated heterocycles. The minimum absolute atomic E-state index is 0. The summed E-state index contributed by atoms with van der Waals surface area (Å²) in [4.78, 5) is 87.7. The number of carbonyl (C=O) groups is 5. The summed E-state index contributed by atoms with van der Waals surface area (Å²) in [6, 6.07) is 35.4. The Balaban J connectivity index is 0.000000147. The third-order valence-corrected chi connectivity index (χ3v) is 17.5. The third-order valence-electron chi connectivity index (χ3n) is 17.3. The van der Waals surface area contributed by atoms with Crippen molar-refractivity contribution in [1.29, 1.82) is 0 Å². The Bertz CT molecular complexity index is 4370. The molecule has 12 heterocycles. The molecule has 24 heteroatoms. The summed E-state index contributed by atoms with van der Waals surface area (Å²) >= 11 is 6.02. The number of pyridine rings is 3. The van der Waals surface area contributed by atoms with Crippen LogP contribution >= 0.6 is 11.6 Å². The van der Waals surface area contributed by atoms with Gasteiger partial charge in [0, 0.05) is 144 Å². The van der Waals surface area contributed by atoms with E-state index in [1.807, 2.05) is 145 Å².